The third kappa shape index (κ3) is 5.81. The summed E-state index contributed by atoms with van der Waals surface area (Å²) < 4.78 is 11.2. The fourth-order valence-corrected chi connectivity index (χ4v) is 2.20. The second-order valence-electron chi connectivity index (χ2n) is 5.49. The number of benzene rings is 2. The molecule has 1 N–H and O–H groups in total. The highest BCUT2D eigenvalue weighted by Gasteiger charge is 2.11. The molecule has 0 saturated heterocycles. The molecular weight excluding hydrogens is 350 g/mol. The molecule has 0 saturated carbocycles. The second kappa shape index (κ2) is 9.91. The number of non-ortho nitro benzene ring substituents is 1. The van der Waals surface area contributed by atoms with Gasteiger partial charge in [-0.3, -0.25) is 14.9 Å². The van der Waals surface area contributed by atoms with Crippen LogP contribution in [0.1, 0.15) is 36.2 Å². The zero-order chi connectivity index (χ0) is 19.6. The lowest BCUT2D eigenvalue weighted by Gasteiger charge is -2.11. The molecule has 142 valence electrons. The number of hydrogen-bond acceptors (Lipinski definition) is 6. The summed E-state index contributed by atoms with van der Waals surface area (Å²) in [6.45, 7) is 4.98. The van der Waals surface area contributed by atoms with E-state index in [1.54, 1.807) is 18.2 Å². The van der Waals surface area contributed by atoms with Gasteiger partial charge in [0, 0.05) is 17.7 Å². The molecule has 0 spiro atoms. The van der Waals surface area contributed by atoms with Crippen LogP contribution in [0.25, 0.3) is 0 Å². The van der Waals surface area contributed by atoms with Crippen molar-refractivity contribution in [2.24, 2.45) is 5.10 Å². The highest BCUT2D eigenvalue weighted by Crippen LogP contribution is 2.28. The van der Waals surface area contributed by atoms with Crippen LogP contribution in [0.2, 0.25) is 0 Å². The summed E-state index contributed by atoms with van der Waals surface area (Å²) in [5.74, 6) is 0.708. The lowest BCUT2D eigenvalue weighted by Crippen LogP contribution is -2.17. The van der Waals surface area contributed by atoms with Crippen LogP contribution in [0.3, 0.4) is 0 Å². The van der Waals surface area contributed by atoms with Crippen molar-refractivity contribution in [2.45, 2.75) is 20.3 Å². The van der Waals surface area contributed by atoms with Crippen LogP contribution in [-0.2, 0) is 0 Å². The maximum atomic E-state index is 12.1. The van der Waals surface area contributed by atoms with Crippen LogP contribution in [-0.4, -0.2) is 30.3 Å². The normalized spacial score (nSPS) is 10.6. The molecule has 0 unspecified atom stereocenters. The van der Waals surface area contributed by atoms with Gasteiger partial charge in [0.05, 0.1) is 24.4 Å². The van der Waals surface area contributed by atoms with Gasteiger partial charge < -0.3 is 9.47 Å². The van der Waals surface area contributed by atoms with E-state index in [-0.39, 0.29) is 11.3 Å². The molecule has 2 aromatic carbocycles. The van der Waals surface area contributed by atoms with Crippen molar-refractivity contribution in [1.82, 2.24) is 5.43 Å². The van der Waals surface area contributed by atoms with Crippen LogP contribution < -0.4 is 14.9 Å². The number of nitrogens with one attached hydrogen (secondary N) is 1. The number of nitro benzene ring substituents is 1. The summed E-state index contributed by atoms with van der Waals surface area (Å²) in [6.07, 6.45) is 2.35. The van der Waals surface area contributed by atoms with Gasteiger partial charge >= 0.3 is 0 Å². The van der Waals surface area contributed by atoms with E-state index >= 15 is 0 Å². The van der Waals surface area contributed by atoms with Crippen molar-refractivity contribution in [3.05, 3.63) is 63.7 Å². The van der Waals surface area contributed by atoms with E-state index in [4.69, 9.17) is 9.47 Å². The summed E-state index contributed by atoms with van der Waals surface area (Å²) in [7, 11) is 0. The number of nitrogens with zero attached hydrogens (tertiary/aromatic N) is 2. The topological polar surface area (TPSA) is 103 Å². The Morgan fingerprint density at radius 1 is 1.19 bits per heavy atom. The molecular formula is C19H21N3O5. The number of carbonyl (C=O) groups excluding carboxylic acids is 1. The molecule has 8 heteroatoms. The maximum Gasteiger partial charge on any atom is 0.271 e. The van der Waals surface area contributed by atoms with Crippen LogP contribution >= 0.6 is 0 Å². The number of nitro groups is 1. The third-order valence-electron chi connectivity index (χ3n) is 3.43. The highest BCUT2D eigenvalue weighted by atomic mass is 16.6. The summed E-state index contributed by atoms with van der Waals surface area (Å²) in [4.78, 5) is 22.3. The van der Waals surface area contributed by atoms with E-state index in [2.05, 4.69) is 10.5 Å². The van der Waals surface area contributed by atoms with E-state index in [1.807, 2.05) is 13.8 Å². The SMILES string of the molecule is CCCOc1ccc(/C=N/NC(=O)c2cccc([N+](=O)[O-])c2)cc1OCC. The molecule has 0 aliphatic carbocycles. The minimum Gasteiger partial charge on any atom is -0.490 e. The summed E-state index contributed by atoms with van der Waals surface area (Å²) in [5, 5.41) is 14.7. The van der Waals surface area contributed by atoms with E-state index < -0.39 is 10.8 Å². The van der Waals surface area contributed by atoms with Gasteiger partial charge in [-0.2, -0.15) is 5.10 Å². The first-order chi connectivity index (χ1) is 13.0. The quantitative estimate of drug-likeness (QED) is 0.412. The minimum absolute atomic E-state index is 0.152. The zero-order valence-electron chi connectivity index (χ0n) is 15.2. The average molecular weight is 371 g/mol. The molecule has 0 aliphatic rings. The predicted octanol–water partition coefficient (Wildman–Crippen LogP) is 3.55. The van der Waals surface area contributed by atoms with Crippen molar-refractivity contribution < 1.29 is 19.2 Å². The van der Waals surface area contributed by atoms with E-state index in [9.17, 15) is 14.9 Å². The standard InChI is InChI=1S/C19H21N3O5/c1-3-10-27-17-9-8-14(11-18(17)26-4-2)13-20-21-19(23)15-6-5-7-16(12-15)22(24)25/h5-9,11-13H,3-4,10H2,1-2H3,(H,21,23)/b20-13+. The van der Waals surface area contributed by atoms with Gasteiger partial charge in [-0.25, -0.2) is 5.43 Å². The van der Waals surface area contributed by atoms with Crippen LogP contribution in [0.4, 0.5) is 5.69 Å². The molecule has 1 amide bonds. The van der Waals surface area contributed by atoms with Gasteiger partial charge in [0.1, 0.15) is 0 Å². The van der Waals surface area contributed by atoms with E-state index in [1.165, 1.54) is 30.5 Å². The average Bonchev–Trinajstić information content (AvgIpc) is 2.67. The molecule has 0 bridgehead atoms. The first kappa shape index (κ1) is 19.9. The Labute approximate surface area is 157 Å². The summed E-state index contributed by atoms with van der Waals surface area (Å²) in [6, 6.07) is 10.8. The Morgan fingerprint density at radius 3 is 2.70 bits per heavy atom. The number of rotatable bonds is 9. The molecule has 27 heavy (non-hydrogen) atoms. The Balaban J connectivity index is 2.06. The van der Waals surface area contributed by atoms with E-state index in [0.29, 0.717) is 30.3 Å². The molecule has 2 rings (SSSR count). The zero-order valence-corrected chi connectivity index (χ0v) is 15.2. The van der Waals surface area contributed by atoms with Gasteiger partial charge in [-0.05, 0) is 43.2 Å². The smallest absolute Gasteiger partial charge is 0.271 e. The molecule has 0 radical (unpaired) electrons. The largest absolute Gasteiger partial charge is 0.490 e. The van der Waals surface area contributed by atoms with Gasteiger partial charge in [0.15, 0.2) is 11.5 Å². The molecule has 0 aliphatic heterocycles. The second-order valence-corrected chi connectivity index (χ2v) is 5.49. The molecule has 8 nitrogen and oxygen atoms in total. The highest BCUT2D eigenvalue weighted by molar-refractivity contribution is 5.95. The van der Waals surface area contributed by atoms with Crippen molar-refractivity contribution in [3.8, 4) is 11.5 Å². The molecule has 0 fully saturated rings. The Hall–Kier alpha value is -3.42. The number of hydrogen-bond donors (Lipinski definition) is 1. The maximum absolute atomic E-state index is 12.1. The summed E-state index contributed by atoms with van der Waals surface area (Å²) >= 11 is 0. The van der Waals surface area contributed by atoms with Crippen molar-refractivity contribution in [1.29, 1.82) is 0 Å². The fraction of sp³-hybridized carbons (Fsp3) is 0.263. The summed E-state index contributed by atoms with van der Waals surface area (Å²) in [5.41, 5.74) is 3.06. The van der Waals surface area contributed by atoms with Gasteiger partial charge in [-0.15, -0.1) is 0 Å². The van der Waals surface area contributed by atoms with Gasteiger partial charge in [0.25, 0.3) is 11.6 Å². The molecule has 0 atom stereocenters. The van der Waals surface area contributed by atoms with Crippen molar-refractivity contribution in [2.75, 3.05) is 13.2 Å². The number of carbonyl (C=O) groups is 1. The van der Waals surface area contributed by atoms with Crippen molar-refractivity contribution in [3.63, 3.8) is 0 Å². The van der Waals surface area contributed by atoms with Crippen molar-refractivity contribution >= 4 is 17.8 Å². The van der Waals surface area contributed by atoms with Crippen LogP contribution in [0.5, 0.6) is 11.5 Å². The Kier molecular flexibility index (Phi) is 7.30. The van der Waals surface area contributed by atoms with E-state index in [0.717, 1.165) is 6.42 Å². The lowest BCUT2D eigenvalue weighted by molar-refractivity contribution is -0.384. The molecule has 2 aromatic rings. The van der Waals surface area contributed by atoms with Gasteiger partial charge in [-0.1, -0.05) is 13.0 Å². The fourth-order valence-electron chi connectivity index (χ4n) is 2.20. The monoisotopic (exact) mass is 371 g/mol. The first-order valence-corrected chi connectivity index (χ1v) is 8.52. The third-order valence-corrected chi connectivity index (χ3v) is 3.43. The number of hydrazone groups is 1. The molecule has 0 aromatic heterocycles. The lowest BCUT2D eigenvalue weighted by atomic mass is 10.2. The Morgan fingerprint density at radius 2 is 2.00 bits per heavy atom. The van der Waals surface area contributed by atoms with Crippen LogP contribution in [0, 0.1) is 10.1 Å². The predicted molar refractivity (Wildman–Crippen MR) is 102 cm³/mol. The van der Waals surface area contributed by atoms with Crippen LogP contribution in [0.15, 0.2) is 47.6 Å². The minimum atomic E-state index is -0.558. The molecule has 0 heterocycles. The number of ether oxygens (including phenoxy) is 2. The number of amides is 1. The Bertz CT molecular complexity index is 836. The van der Waals surface area contributed by atoms with Gasteiger partial charge in [0.2, 0.25) is 0 Å². The first-order valence-electron chi connectivity index (χ1n) is 8.52.